The molecule has 0 radical (unpaired) electrons. The molecule has 4 aromatic rings. The summed E-state index contributed by atoms with van der Waals surface area (Å²) in [4.78, 5) is 18.8. The lowest BCUT2D eigenvalue weighted by Gasteiger charge is -2.06. The van der Waals surface area contributed by atoms with Crippen LogP contribution in [0.1, 0.15) is 40.5 Å². The lowest BCUT2D eigenvalue weighted by atomic mass is 10.1. The first-order valence-electron chi connectivity index (χ1n) is 9.93. The molecule has 3 N–H and O–H groups in total. The predicted octanol–water partition coefficient (Wildman–Crippen LogP) is 4.41. The second-order valence-corrected chi connectivity index (χ2v) is 10.6. The molecule has 4 rings (SSSR count). The number of nitrogen functional groups attached to an aromatic ring is 1. The summed E-state index contributed by atoms with van der Waals surface area (Å²) < 4.78 is 32.3. The Morgan fingerprint density at radius 2 is 1.91 bits per heavy atom. The van der Waals surface area contributed by atoms with E-state index >= 15 is 0 Å². The summed E-state index contributed by atoms with van der Waals surface area (Å²) in [5.74, 6) is 0.760. The highest BCUT2D eigenvalue weighted by molar-refractivity contribution is 7.92. The molecule has 3 aromatic heterocycles. The summed E-state index contributed by atoms with van der Waals surface area (Å²) in [6.45, 7) is 5.90. The van der Waals surface area contributed by atoms with Crippen LogP contribution in [0.25, 0.3) is 10.2 Å². The second-order valence-electron chi connectivity index (χ2n) is 7.88. The predicted molar refractivity (Wildman–Crippen MR) is 124 cm³/mol. The Hall–Kier alpha value is -3.24. The molecule has 0 fully saturated rings. The van der Waals surface area contributed by atoms with Gasteiger partial charge in [0, 0.05) is 22.7 Å². The van der Waals surface area contributed by atoms with Crippen molar-refractivity contribution in [2.45, 2.75) is 32.1 Å². The van der Waals surface area contributed by atoms with Gasteiger partial charge in [0.05, 0.1) is 10.6 Å². The van der Waals surface area contributed by atoms with Crippen molar-refractivity contribution in [1.29, 1.82) is 0 Å². The fraction of sp³-hybridized carbons (Fsp3) is 0.227. The average molecular weight is 471 g/mol. The Morgan fingerprint density at radius 1 is 1.19 bits per heavy atom. The summed E-state index contributed by atoms with van der Waals surface area (Å²) in [7, 11) is -3.87. The Labute approximate surface area is 189 Å². The number of carbonyl (C=O) groups excluding carboxylic acids is 1. The molecule has 0 aliphatic heterocycles. The fourth-order valence-corrected chi connectivity index (χ4v) is 5.32. The summed E-state index contributed by atoms with van der Waals surface area (Å²) >= 11 is 1.25. The number of benzene rings is 1. The number of anilines is 2. The quantitative estimate of drug-likeness (QED) is 0.383. The van der Waals surface area contributed by atoms with Crippen molar-refractivity contribution in [3.8, 4) is 0 Å². The lowest BCUT2D eigenvalue weighted by molar-refractivity contribution is 0.104. The normalized spacial score (nSPS) is 11.9. The van der Waals surface area contributed by atoms with Gasteiger partial charge in [0.25, 0.3) is 10.0 Å². The van der Waals surface area contributed by atoms with Crippen molar-refractivity contribution in [2.75, 3.05) is 10.5 Å². The number of nitrogens with zero attached hydrogens (tertiary/aromatic N) is 2. The number of ketones is 1. The van der Waals surface area contributed by atoms with E-state index in [4.69, 9.17) is 10.3 Å². The molecule has 0 atom stereocenters. The van der Waals surface area contributed by atoms with E-state index in [9.17, 15) is 13.2 Å². The maximum atomic E-state index is 13.1. The van der Waals surface area contributed by atoms with Gasteiger partial charge in [0.2, 0.25) is 5.78 Å². The zero-order valence-corrected chi connectivity index (χ0v) is 19.4. The fourth-order valence-electron chi connectivity index (χ4n) is 3.26. The number of sulfonamides is 1. The van der Waals surface area contributed by atoms with Crippen LogP contribution in [0.4, 0.5) is 11.5 Å². The van der Waals surface area contributed by atoms with E-state index in [0.717, 1.165) is 22.3 Å². The maximum absolute atomic E-state index is 13.1. The monoisotopic (exact) mass is 470 g/mol. The molecule has 1 aromatic carbocycles. The van der Waals surface area contributed by atoms with Gasteiger partial charge in [0.15, 0.2) is 5.82 Å². The van der Waals surface area contributed by atoms with Gasteiger partial charge in [-0.15, -0.1) is 11.3 Å². The smallest absolute Gasteiger partial charge is 0.263 e. The molecule has 10 heteroatoms. The zero-order valence-electron chi connectivity index (χ0n) is 17.7. The minimum Gasteiger partial charge on any atom is -0.397 e. The third kappa shape index (κ3) is 4.37. The molecule has 0 aliphatic carbocycles. The number of hydrogen-bond acceptors (Lipinski definition) is 8. The number of carbonyl (C=O) groups is 1. The van der Waals surface area contributed by atoms with Crippen molar-refractivity contribution in [3.05, 3.63) is 64.4 Å². The maximum Gasteiger partial charge on any atom is 0.263 e. The van der Waals surface area contributed by atoms with Crippen molar-refractivity contribution in [3.63, 3.8) is 0 Å². The molecule has 0 bridgehead atoms. The first-order chi connectivity index (χ1) is 15.1. The Kier molecular flexibility index (Phi) is 5.74. The summed E-state index contributed by atoms with van der Waals surface area (Å²) in [5, 5.41) is 4.37. The van der Waals surface area contributed by atoms with E-state index in [-0.39, 0.29) is 16.5 Å². The van der Waals surface area contributed by atoms with Gasteiger partial charge in [-0.2, -0.15) is 0 Å². The van der Waals surface area contributed by atoms with Crippen LogP contribution < -0.4 is 10.5 Å². The number of rotatable bonds is 7. The number of thiophene rings is 1. The number of aromatic nitrogens is 2. The minimum atomic E-state index is -3.87. The SMILES string of the molecule is Cc1cc(NS(=O)(=O)c2ccc(C(=O)c3sc4nc(CC(C)C)ccc4c3N)cc2)no1. The third-order valence-electron chi connectivity index (χ3n) is 4.77. The van der Waals surface area contributed by atoms with Crippen molar-refractivity contribution in [1.82, 2.24) is 10.1 Å². The van der Waals surface area contributed by atoms with Gasteiger partial charge in [-0.3, -0.25) is 9.52 Å². The number of fused-ring (bicyclic) bond motifs is 1. The second kappa shape index (κ2) is 8.36. The number of hydrogen-bond donors (Lipinski definition) is 2. The first kappa shape index (κ1) is 22.0. The molecule has 0 saturated heterocycles. The third-order valence-corrected chi connectivity index (χ3v) is 7.25. The number of aryl methyl sites for hydroxylation is 1. The molecule has 166 valence electrons. The Morgan fingerprint density at radius 3 is 2.53 bits per heavy atom. The molecule has 8 nitrogen and oxygen atoms in total. The van der Waals surface area contributed by atoms with Gasteiger partial charge >= 0.3 is 0 Å². The van der Waals surface area contributed by atoms with Crippen LogP contribution >= 0.6 is 11.3 Å². The van der Waals surface area contributed by atoms with E-state index in [1.54, 1.807) is 6.92 Å². The topological polar surface area (TPSA) is 128 Å². The van der Waals surface area contributed by atoms with E-state index in [0.29, 0.717) is 27.8 Å². The highest BCUT2D eigenvalue weighted by Gasteiger charge is 2.21. The van der Waals surface area contributed by atoms with Crippen LogP contribution in [-0.2, 0) is 16.4 Å². The molecular weight excluding hydrogens is 448 g/mol. The molecule has 0 saturated carbocycles. The standard InChI is InChI=1S/C22H22N4O4S2/c1-12(2)10-15-6-9-17-19(23)21(31-22(17)24-15)20(27)14-4-7-16(8-5-14)32(28,29)26-18-11-13(3)30-25-18/h4-9,11-12H,10,23H2,1-3H3,(H,25,26). The van der Waals surface area contributed by atoms with Gasteiger partial charge in [0.1, 0.15) is 15.5 Å². The molecule has 0 spiro atoms. The highest BCUT2D eigenvalue weighted by atomic mass is 32.2. The van der Waals surface area contributed by atoms with Crippen LogP contribution in [0.15, 0.2) is 51.9 Å². The largest absolute Gasteiger partial charge is 0.397 e. The number of nitrogens with two attached hydrogens (primary N) is 1. The highest BCUT2D eigenvalue weighted by Crippen LogP contribution is 2.34. The van der Waals surface area contributed by atoms with Crippen LogP contribution in [0, 0.1) is 12.8 Å². The van der Waals surface area contributed by atoms with Gasteiger partial charge in [-0.05, 0) is 55.7 Å². The molecule has 0 unspecified atom stereocenters. The molecule has 3 heterocycles. The zero-order chi connectivity index (χ0) is 23.0. The van der Waals surface area contributed by atoms with Crippen LogP contribution in [-0.4, -0.2) is 24.3 Å². The lowest BCUT2D eigenvalue weighted by Crippen LogP contribution is -2.13. The van der Waals surface area contributed by atoms with Crippen LogP contribution in [0.3, 0.4) is 0 Å². The van der Waals surface area contributed by atoms with Crippen molar-refractivity contribution >= 4 is 48.9 Å². The van der Waals surface area contributed by atoms with Gasteiger partial charge in [-0.25, -0.2) is 13.4 Å². The summed E-state index contributed by atoms with van der Waals surface area (Å²) in [6, 6.07) is 11.0. The van der Waals surface area contributed by atoms with Gasteiger partial charge < -0.3 is 10.3 Å². The molecule has 0 amide bonds. The number of nitrogens with one attached hydrogen (secondary N) is 1. The molecule has 0 aliphatic rings. The molecular formula is C22H22N4O4S2. The van der Waals surface area contributed by atoms with E-state index < -0.39 is 10.0 Å². The van der Waals surface area contributed by atoms with E-state index in [1.165, 1.54) is 41.7 Å². The van der Waals surface area contributed by atoms with Crippen LogP contribution in [0.5, 0.6) is 0 Å². The minimum absolute atomic E-state index is 0.000917. The Bertz CT molecular complexity index is 1400. The van der Waals surface area contributed by atoms with E-state index in [1.807, 2.05) is 12.1 Å². The average Bonchev–Trinajstić information content (AvgIpc) is 3.29. The molecule has 32 heavy (non-hydrogen) atoms. The van der Waals surface area contributed by atoms with Gasteiger partial charge in [-0.1, -0.05) is 19.0 Å². The summed E-state index contributed by atoms with van der Waals surface area (Å²) in [5.41, 5.74) is 7.92. The first-order valence-corrected chi connectivity index (χ1v) is 12.2. The van der Waals surface area contributed by atoms with Crippen LogP contribution in [0.2, 0.25) is 0 Å². The number of pyridine rings is 1. The van der Waals surface area contributed by atoms with E-state index in [2.05, 4.69) is 28.7 Å². The Balaban J connectivity index is 1.59. The van der Waals surface area contributed by atoms with Crippen molar-refractivity contribution < 1.29 is 17.7 Å². The summed E-state index contributed by atoms with van der Waals surface area (Å²) in [6.07, 6.45) is 0.842. The van der Waals surface area contributed by atoms with Crippen molar-refractivity contribution in [2.24, 2.45) is 5.92 Å².